The van der Waals surface area contributed by atoms with E-state index in [0.717, 1.165) is 12.0 Å². The lowest BCUT2D eigenvalue weighted by molar-refractivity contribution is -0.120. The van der Waals surface area contributed by atoms with Gasteiger partial charge in [0.2, 0.25) is 5.91 Å². The van der Waals surface area contributed by atoms with Gasteiger partial charge >= 0.3 is 0 Å². The highest BCUT2D eigenvalue weighted by Crippen LogP contribution is 2.37. The minimum atomic E-state index is -0.0939. The van der Waals surface area contributed by atoms with E-state index in [2.05, 4.69) is 17.4 Å². The maximum atomic E-state index is 12.5. The molecule has 0 radical (unpaired) electrons. The van der Waals surface area contributed by atoms with Gasteiger partial charge in [-0.1, -0.05) is 18.2 Å². The van der Waals surface area contributed by atoms with E-state index in [0.29, 0.717) is 23.8 Å². The van der Waals surface area contributed by atoms with Gasteiger partial charge in [-0.3, -0.25) is 4.79 Å². The fourth-order valence-electron chi connectivity index (χ4n) is 2.86. The Morgan fingerprint density at radius 1 is 1.08 bits per heavy atom. The number of thioether (sulfide) groups is 1. The minimum absolute atomic E-state index is 0.0260. The lowest BCUT2D eigenvalue weighted by Crippen LogP contribution is -2.32. The fourth-order valence-corrected chi connectivity index (χ4v) is 4.07. The number of hydrogen-bond acceptors (Lipinski definition) is 5. The number of nitrogens with one attached hydrogen (secondary N) is 1. The summed E-state index contributed by atoms with van der Waals surface area (Å²) >= 11 is 1.62. The van der Waals surface area contributed by atoms with Gasteiger partial charge in [-0.2, -0.15) is 0 Å². The molecule has 1 atom stereocenters. The lowest BCUT2D eigenvalue weighted by Gasteiger charge is -2.15. The number of benzene rings is 2. The number of hydrogen-bond donors (Lipinski definition) is 1. The largest absolute Gasteiger partial charge is 0.496 e. The van der Waals surface area contributed by atoms with Gasteiger partial charge in [0.25, 0.3) is 0 Å². The van der Waals surface area contributed by atoms with Crippen LogP contribution in [0, 0.1) is 0 Å². The normalized spacial score (nSPS) is 15.4. The highest BCUT2D eigenvalue weighted by Gasteiger charge is 2.28. The zero-order valence-electron chi connectivity index (χ0n) is 14.5. The average Bonchev–Trinajstić information content (AvgIpc) is 3.09. The molecule has 1 amide bonds. The first-order valence-electron chi connectivity index (χ1n) is 7.97. The molecule has 1 unspecified atom stereocenters. The van der Waals surface area contributed by atoms with Crippen LogP contribution < -0.4 is 19.5 Å². The first-order valence-corrected chi connectivity index (χ1v) is 8.85. The zero-order valence-corrected chi connectivity index (χ0v) is 15.3. The highest BCUT2D eigenvalue weighted by molar-refractivity contribution is 8.01. The molecule has 1 aliphatic rings. The van der Waals surface area contributed by atoms with Crippen molar-refractivity contribution in [3.05, 3.63) is 47.5 Å². The third kappa shape index (κ3) is 3.69. The van der Waals surface area contributed by atoms with Crippen molar-refractivity contribution in [1.82, 2.24) is 5.32 Å². The second kappa shape index (κ2) is 7.70. The van der Waals surface area contributed by atoms with Gasteiger partial charge in [-0.05, 0) is 24.1 Å². The van der Waals surface area contributed by atoms with E-state index in [1.807, 2.05) is 18.2 Å². The van der Waals surface area contributed by atoms with Crippen molar-refractivity contribution in [2.24, 2.45) is 0 Å². The molecule has 0 bridgehead atoms. The highest BCUT2D eigenvalue weighted by atomic mass is 32.2. The monoisotopic (exact) mass is 359 g/mol. The number of methoxy groups -OCH3 is 3. The predicted molar refractivity (Wildman–Crippen MR) is 97.7 cm³/mol. The van der Waals surface area contributed by atoms with Gasteiger partial charge in [-0.25, -0.2) is 0 Å². The Bertz CT molecular complexity index is 753. The molecule has 0 fully saturated rings. The van der Waals surface area contributed by atoms with E-state index < -0.39 is 0 Å². The Labute approximate surface area is 151 Å². The molecule has 1 N–H and O–H groups in total. The first kappa shape index (κ1) is 17.5. The average molecular weight is 359 g/mol. The Balaban J connectivity index is 1.68. The summed E-state index contributed by atoms with van der Waals surface area (Å²) in [6.45, 7) is 0.371. The molecule has 6 heteroatoms. The van der Waals surface area contributed by atoms with Crippen LogP contribution in [-0.2, 0) is 17.8 Å². The number of carbonyl (C=O) groups is 1. The summed E-state index contributed by atoms with van der Waals surface area (Å²) in [4.78, 5) is 13.7. The Kier molecular flexibility index (Phi) is 5.38. The van der Waals surface area contributed by atoms with Crippen LogP contribution in [0.1, 0.15) is 11.1 Å². The molecular formula is C19H21NO4S. The van der Waals surface area contributed by atoms with Crippen molar-refractivity contribution in [3.63, 3.8) is 0 Å². The van der Waals surface area contributed by atoms with Gasteiger partial charge in [0, 0.05) is 23.1 Å². The fraction of sp³-hybridized carbons (Fsp3) is 0.316. The quantitative estimate of drug-likeness (QED) is 0.859. The molecule has 0 saturated carbocycles. The summed E-state index contributed by atoms with van der Waals surface area (Å²) in [6, 6.07) is 11.7. The van der Waals surface area contributed by atoms with Crippen LogP contribution in [-0.4, -0.2) is 32.5 Å². The van der Waals surface area contributed by atoms with Crippen LogP contribution >= 0.6 is 11.8 Å². The van der Waals surface area contributed by atoms with Crippen molar-refractivity contribution in [2.45, 2.75) is 23.1 Å². The lowest BCUT2D eigenvalue weighted by atomic mass is 10.1. The van der Waals surface area contributed by atoms with E-state index in [1.54, 1.807) is 39.2 Å². The molecule has 2 aromatic carbocycles. The third-order valence-corrected chi connectivity index (χ3v) is 5.50. The number of amides is 1. The number of carbonyl (C=O) groups excluding carboxylic acids is 1. The van der Waals surface area contributed by atoms with Crippen LogP contribution in [0.3, 0.4) is 0 Å². The molecule has 132 valence electrons. The molecule has 0 aliphatic carbocycles. The van der Waals surface area contributed by atoms with Gasteiger partial charge in [0.1, 0.15) is 5.75 Å². The standard InChI is InChI=1S/C19H21NO4S/c1-22-14-10-16(24-3)15(23-2)8-13(14)11-20-19(21)18-9-12-6-4-5-7-17(12)25-18/h4-8,10,18H,9,11H2,1-3H3,(H,20,21). The van der Waals surface area contributed by atoms with Crippen molar-refractivity contribution in [1.29, 1.82) is 0 Å². The summed E-state index contributed by atoms with van der Waals surface area (Å²) in [5.74, 6) is 1.88. The summed E-state index contributed by atoms with van der Waals surface area (Å²) in [5.41, 5.74) is 2.07. The van der Waals surface area contributed by atoms with E-state index in [1.165, 1.54) is 10.5 Å². The number of ether oxygens (including phenoxy) is 3. The van der Waals surface area contributed by atoms with Gasteiger partial charge in [0.05, 0.1) is 26.6 Å². The minimum Gasteiger partial charge on any atom is -0.496 e. The number of fused-ring (bicyclic) bond motifs is 1. The summed E-state index contributed by atoms with van der Waals surface area (Å²) in [5, 5.41) is 2.91. The molecule has 5 nitrogen and oxygen atoms in total. The van der Waals surface area contributed by atoms with Crippen LogP contribution in [0.5, 0.6) is 17.2 Å². The van der Waals surface area contributed by atoms with E-state index in [4.69, 9.17) is 14.2 Å². The van der Waals surface area contributed by atoms with Gasteiger partial charge in [-0.15, -0.1) is 11.8 Å². The van der Waals surface area contributed by atoms with Crippen molar-refractivity contribution in [3.8, 4) is 17.2 Å². The third-order valence-electron chi connectivity index (χ3n) is 4.18. The maximum absolute atomic E-state index is 12.5. The van der Waals surface area contributed by atoms with Crippen LogP contribution in [0.15, 0.2) is 41.3 Å². The predicted octanol–water partition coefficient (Wildman–Crippen LogP) is 3.05. The summed E-state index contributed by atoms with van der Waals surface area (Å²) in [7, 11) is 4.75. The molecular weight excluding hydrogens is 338 g/mol. The smallest absolute Gasteiger partial charge is 0.234 e. The molecule has 0 spiro atoms. The zero-order chi connectivity index (χ0) is 17.8. The summed E-state index contributed by atoms with van der Waals surface area (Å²) in [6.07, 6.45) is 0.760. The Morgan fingerprint density at radius 2 is 1.76 bits per heavy atom. The molecule has 0 aromatic heterocycles. The van der Waals surface area contributed by atoms with Crippen molar-refractivity contribution in [2.75, 3.05) is 21.3 Å². The van der Waals surface area contributed by atoms with Crippen LogP contribution in [0.2, 0.25) is 0 Å². The first-order chi connectivity index (χ1) is 12.2. The summed E-state index contributed by atoms with van der Waals surface area (Å²) < 4.78 is 16.0. The molecule has 25 heavy (non-hydrogen) atoms. The number of rotatable bonds is 6. The second-order valence-electron chi connectivity index (χ2n) is 5.66. The van der Waals surface area contributed by atoms with E-state index >= 15 is 0 Å². The van der Waals surface area contributed by atoms with Crippen LogP contribution in [0.4, 0.5) is 0 Å². The van der Waals surface area contributed by atoms with Gasteiger partial charge < -0.3 is 19.5 Å². The topological polar surface area (TPSA) is 56.8 Å². The second-order valence-corrected chi connectivity index (χ2v) is 6.90. The van der Waals surface area contributed by atoms with Crippen molar-refractivity contribution >= 4 is 17.7 Å². The SMILES string of the molecule is COc1cc(OC)c(OC)cc1CNC(=O)C1Cc2ccccc2S1. The molecule has 1 heterocycles. The van der Waals surface area contributed by atoms with Crippen LogP contribution in [0.25, 0.3) is 0 Å². The van der Waals surface area contributed by atoms with E-state index in [9.17, 15) is 4.79 Å². The Hall–Kier alpha value is -2.34. The molecule has 0 saturated heterocycles. The Morgan fingerprint density at radius 3 is 2.44 bits per heavy atom. The van der Waals surface area contributed by atoms with Gasteiger partial charge in [0.15, 0.2) is 11.5 Å². The molecule has 2 aromatic rings. The van der Waals surface area contributed by atoms with E-state index in [-0.39, 0.29) is 11.2 Å². The maximum Gasteiger partial charge on any atom is 0.234 e. The molecule has 1 aliphatic heterocycles. The molecule has 3 rings (SSSR count). The van der Waals surface area contributed by atoms with Crippen molar-refractivity contribution < 1.29 is 19.0 Å².